The van der Waals surface area contributed by atoms with E-state index < -0.39 is 0 Å². The number of benzene rings is 1. The maximum absolute atomic E-state index is 5.96. The predicted octanol–water partition coefficient (Wildman–Crippen LogP) is 3.93. The van der Waals surface area contributed by atoms with Gasteiger partial charge in [0.15, 0.2) is 0 Å². The first-order chi connectivity index (χ1) is 8.08. The number of aryl methyl sites for hydroxylation is 3. The van der Waals surface area contributed by atoms with Crippen molar-refractivity contribution in [3.05, 3.63) is 51.0 Å². The lowest BCUT2D eigenvalue weighted by Crippen LogP contribution is -1.93. The van der Waals surface area contributed by atoms with Crippen LogP contribution in [0.3, 0.4) is 0 Å². The molecule has 1 heterocycles. The van der Waals surface area contributed by atoms with E-state index in [0.717, 1.165) is 34.0 Å². The standard InChI is InChI=1S/C13H14BrClN2/c1-9-16-12(13(14)17(9)2)7-6-10-4-3-5-11(15)8-10/h3-5,8H,6-7H2,1-2H3. The Labute approximate surface area is 115 Å². The molecule has 1 aromatic heterocycles. The quantitative estimate of drug-likeness (QED) is 0.839. The van der Waals surface area contributed by atoms with Gasteiger partial charge in [0.1, 0.15) is 10.4 Å². The molecule has 2 rings (SSSR count). The summed E-state index contributed by atoms with van der Waals surface area (Å²) in [4.78, 5) is 4.53. The monoisotopic (exact) mass is 312 g/mol. The first-order valence-corrected chi connectivity index (χ1v) is 6.67. The van der Waals surface area contributed by atoms with Crippen LogP contribution in [0.4, 0.5) is 0 Å². The molecule has 0 saturated carbocycles. The van der Waals surface area contributed by atoms with Crippen LogP contribution in [0.1, 0.15) is 17.1 Å². The second kappa shape index (κ2) is 5.23. The van der Waals surface area contributed by atoms with E-state index in [0.29, 0.717) is 0 Å². The van der Waals surface area contributed by atoms with Gasteiger partial charge in [-0.25, -0.2) is 4.98 Å². The molecule has 90 valence electrons. The lowest BCUT2D eigenvalue weighted by atomic mass is 10.1. The van der Waals surface area contributed by atoms with Crippen LogP contribution in [0.25, 0.3) is 0 Å². The van der Waals surface area contributed by atoms with E-state index in [9.17, 15) is 0 Å². The van der Waals surface area contributed by atoms with E-state index in [1.165, 1.54) is 5.56 Å². The highest BCUT2D eigenvalue weighted by Crippen LogP contribution is 2.19. The van der Waals surface area contributed by atoms with E-state index in [4.69, 9.17) is 11.6 Å². The average Bonchev–Trinajstić information content (AvgIpc) is 2.54. The Morgan fingerprint density at radius 1 is 1.35 bits per heavy atom. The van der Waals surface area contributed by atoms with Crippen LogP contribution < -0.4 is 0 Å². The lowest BCUT2D eigenvalue weighted by Gasteiger charge is -2.01. The van der Waals surface area contributed by atoms with E-state index in [2.05, 4.69) is 27.0 Å². The SMILES string of the molecule is Cc1nc(CCc2cccc(Cl)c2)c(Br)n1C. The highest BCUT2D eigenvalue weighted by atomic mass is 79.9. The van der Waals surface area contributed by atoms with Crippen LogP contribution in [-0.2, 0) is 19.9 Å². The molecule has 0 atom stereocenters. The van der Waals surface area contributed by atoms with Crippen molar-refractivity contribution in [3.8, 4) is 0 Å². The van der Waals surface area contributed by atoms with Gasteiger partial charge in [0.25, 0.3) is 0 Å². The minimum atomic E-state index is 0.791. The molecule has 0 unspecified atom stereocenters. The molecule has 0 bridgehead atoms. The molecule has 0 radical (unpaired) electrons. The van der Waals surface area contributed by atoms with Gasteiger partial charge in [-0.05, 0) is 53.4 Å². The fourth-order valence-electron chi connectivity index (χ4n) is 1.77. The molecule has 2 aromatic rings. The van der Waals surface area contributed by atoms with Gasteiger partial charge in [0.2, 0.25) is 0 Å². The summed E-state index contributed by atoms with van der Waals surface area (Å²) >= 11 is 9.52. The average molecular weight is 314 g/mol. The van der Waals surface area contributed by atoms with Gasteiger partial charge in [-0.2, -0.15) is 0 Å². The van der Waals surface area contributed by atoms with E-state index in [-0.39, 0.29) is 0 Å². The molecule has 0 amide bonds. The van der Waals surface area contributed by atoms with Gasteiger partial charge in [0, 0.05) is 12.1 Å². The molecule has 0 aliphatic rings. The summed E-state index contributed by atoms with van der Waals surface area (Å²) in [6.45, 7) is 2.01. The molecular weight excluding hydrogens is 300 g/mol. The van der Waals surface area contributed by atoms with Crippen molar-refractivity contribution >= 4 is 27.5 Å². The molecule has 0 aliphatic heterocycles. The van der Waals surface area contributed by atoms with Crippen molar-refractivity contribution in [2.24, 2.45) is 7.05 Å². The van der Waals surface area contributed by atoms with Gasteiger partial charge in [0.05, 0.1) is 5.69 Å². The molecule has 0 saturated heterocycles. The fourth-order valence-corrected chi connectivity index (χ4v) is 2.52. The van der Waals surface area contributed by atoms with Crippen LogP contribution in [0, 0.1) is 6.92 Å². The zero-order chi connectivity index (χ0) is 12.4. The number of halogens is 2. The predicted molar refractivity (Wildman–Crippen MR) is 74.5 cm³/mol. The van der Waals surface area contributed by atoms with Gasteiger partial charge in [-0.1, -0.05) is 23.7 Å². The van der Waals surface area contributed by atoms with Crippen LogP contribution >= 0.6 is 27.5 Å². The maximum atomic E-state index is 5.96. The van der Waals surface area contributed by atoms with Gasteiger partial charge < -0.3 is 4.57 Å². The van der Waals surface area contributed by atoms with Gasteiger partial charge in [-0.15, -0.1) is 0 Å². The highest BCUT2D eigenvalue weighted by molar-refractivity contribution is 9.10. The Balaban J connectivity index is 2.10. The summed E-state index contributed by atoms with van der Waals surface area (Å²) in [6, 6.07) is 7.98. The summed E-state index contributed by atoms with van der Waals surface area (Å²) in [5.74, 6) is 1.03. The van der Waals surface area contributed by atoms with E-state index in [1.54, 1.807) is 0 Å². The molecule has 0 spiro atoms. The summed E-state index contributed by atoms with van der Waals surface area (Å²) in [6.07, 6.45) is 1.87. The Hall–Kier alpha value is -0.800. The Morgan fingerprint density at radius 3 is 2.71 bits per heavy atom. The number of rotatable bonds is 3. The first kappa shape index (κ1) is 12.7. The fraction of sp³-hybridized carbons (Fsp3) is 0.308. The van der Waals surface area contributed by atoms with Crippen molar-refractivity contribution in [1.29, 1.82) is 0 Å². The normalized spacial score (nSPS) is 10.8. The van der Waals surface area contributed by atoms with Crippen LogP contribution in [0.15, 0.2) is 28.9 Å². The van der Waals surface area contributed by atoms with Gasteiger partial charge in [-0.3, -0.25) is 0 Å². The number of nitrogens with zero attached hydrogens (tertiary/aromatic N) is 2. The zero-order valence-electron chi connectivity index (χ0n) is 9.87. The van der Waals surface area contributed by atoms with Crippen molar-refractivity contribution in [2.45, 2.75) is 19.8 Å². The summed E-state index contributed by atoms with van der Waals surface area (Å²) < 4.78 is 3.12. The maximum Gasteiger partial charge on any atom is 0.108 e. The molecule has 2 nitrogen and oxygen atoms in total. The van der Waals surface area contributed by atoms with E-state index in [1.807, 2.05) is 36.7 Å². The largest absolute Gasteiger partial charge is 0.326 e. The minimum Gasteiger partial charge on any atom is -0.326 e. The topological polar surface area (TPSA) is 17.8 Å². The molecule has 0 N–H and O–H groups in total. The third kappa shape index (κ3) is 2.90. The number of imidazole rings is 1. The Kier molecular flexibility index (Phi) is 3.89. The Bertz CT molecular complexity index is 534. The molecular formula is C13H14BrClN2. The van der Waals surface area contributed by atoms with Crippen molar-refractivity contribution < 1.29 is 0 Å². The van der Waals surface area contributed by atoms with Crippen molar-refractivity contribution in [3.63, 3.8) is 0 Å². The van der Waals surface area contributed by atoms with Gasteiger partial charge >= 0.3 is 0 Å². The second-order valence-corrected chi connectivity index (χ2v) is 5.27. The molecule has 0 fully saturated rings. The smallest absolute Gasteiger partial charge is 0.108 e. The van der Waals surface area contributed by atoms with Crippen LogP contribution in [0.2, 0.25) is 5.02 Å². The third-order valence-electron chi connectivity index (χ3n) is 2.85. The number of hydrogen-bond donors (Lipinski definition) is 0. The first-order valence-electron chi connectivity index (χ1n) is 5.50. The van der Waals surface area contributed by atoms with Crippen molar-refractivity contribution in [1.82, 2.24) is 9.55 Å². The molecule has 17 heavy (non-hydrogen) atoms. The molecule has 4 heteroatoms. The lowest BCUT2D eigenvalue weighted by molar-refractivity contribution is 0.838. The number of aromatic nitrogens is 2. The highest BCUT2D eigenvalue weighted by Gasteiger charge is 2.09. The summed E-state index contributed by atoms with van der Waals surface area (Å²) in [5.41, 5.74) is 2.35. The molecule has 1 aromatic carbocycles. The molecule has 0 aliphatic carbocycles. The zero-order valence-corrected chi connectivity index (χ0v) is 12.2. The number of hydrogen-bond acceptors (Lipinski definition) is 1. The minimum absolute atomic E-state index is 0.791. The van der Waals surface area contributed by atoms with Crippen molar-refractivity contribution in [2.75, 3.05) is 0 Å². The second-order valence-electron chi connectivity index (χ2n) is 4.09. The third-order valence-corrected chi connectivity index (χ3v) is 4.08. The van der Waals surface area contributed by atoms with E-state index >= 15 is 0 Å². The summed E-state index contributed by atoms with van der Waals surface area (Å²) in [5, 5.41) is 0.791. The summed E-state index contributed by atoms with van der Waals surface area (Å²) in [7, 11) is 2.01. The van der Waals surface area contributed by atoms with Crippen LogP contribution in [-0.4, -0.2) is 9.55 Å². The Morgan fingerprint density at radius 2 is 2.12 bits per heavy atom. The van der Waals surface area contributed by atoms with Crippen LogP contribution in [0.5, 0.6) is 0 Å².